The summed E-state index contributed by atoms with van der Waals surface area (Å²) in [6.45, 7) is 6.64. The quantitative estimate of drug-likeness (QED) is 0.492. The van der Waals surface area contributed by atoms with Crippen LogP contribution in [-0.2, 0) is 19.5 Å². The Labute approximate surface area is 172 Å². The van der Waals surface area contributed by atoms with E-state index in [-0.39, 0.29) is 10.5 Å². The van der Waals surface area contributed by atoms with E-state index in [1.54, 1.807) is 57.2 Å². The van der Waals surface area contributed by atoms with Gasteiger partial charge in [-0.1, -0.05) is 30.3 Å². The Bertz CT molecular complexity index is 933. The number of rotatable bonds is 9. The summed E-state index contributed by atoms with van der Waals surface area (Å²) in [7, 11) is -2.46. The van der Waals surface area contributed by atoms with E-state index in [0.29, 0.717) is 29.8 Å². The zero-order valence-electron chi connectivity index (χ0n) is 17.3. The highest BCUT2D eigenvalue weighted by molar-refractivity contribution is 7.89. The van der Waals surface area contributed by atoms with Crippen molar-refractivity contribution >= 4 is 16.3 Å². The molecule has 29 heavy (non-hydrogen) atoms. The van der Waals surface area contributed by atoms with Crippen LogP contribution >= 0.6 is 0 Å². The molecular formula is C21H27NO6S. The van der Waals surface area contributed by atoms with Crippen LogP contribution in [0.25, 0.3) is 11.1 Å². The summed E-state index contributed by atoms with van der Waals surface area (Å²) in [5, 5.41) is 0. The highest BCUT2D eigenvalue weighted by Gasteiger charge is 2.27. The molecule has 0 aromatic heterocycles. The van der Waals surface area contributed by atoms with Crippen molar-refractivity contribution < 1.29 is 27.4 Å². The maximum atomic E-state index is 13.0. The van der Waals surface area contributed by atoms with Crippen LogP contribution in [0.2, 0.25) is 0 Å². The number of aldehydes is 1. The molecule has 0 amide bonds. The standard InChI is InChI=1S/C21H27NO6S/c1-6-27-20(26-5)28-17-12-10-15(11-13-17)18-9-7-8-16(14-23)19(18)29(24,25)22-21(2,3)4/h7-14,20,22H,6H2,1-5H3. The molecule has 158 valence electrons. The van der Waals surface area contributed by atoms with E-state index in [9.17, 15) is 13.2 Å². The molecule has 8 heteroatoms. The van der Waals surface area contributed by atoms with Crippen LogP contribution in [0.1, 0.15) is 38.1 Å². The Balaban J connectivity index is 2.46. The second kappa shape index (κ2) is 9.49. The van der Waals surface area contributed by atoms with E-state index in [1.807, 2.05) is 6.92 Å². The minimum Gasteiger partial charge on any atom is -0.441 e. The lowest BCUT2D eigenvalue weighted by Gasteiger charge is -2.22. The zero-order chi connectivity index (χ0) is 21.7. The van der Waals surface area contributed by atoms with E-state index >= 15 is 0 Å². The monoisotopic (exact) mass is 421 g/mol. The molecule has 7 nitrogen and oxygen atoms in total. The van der Waals surface area contributed by atoms with Crippen molar-refractivity contribution in [1.29, 1.82) is 0 Å². The van der Waals surface area contributed by atoms with Crippen molar-refractivity contribution in [1.82, 2.24) is 4.72 Å². The SMILES string of the molecule is CCOC(OC)Oc1ccc(-c2cccc(C=O)c2S(=O)(=O)NC(C)(C)C)cc1. The molecule has 1 N–H and O–H groups in total. The van der Waals surface area contributed by atoms with Gasteiger partial charge in [-0.3, -0.25) is 4.79 Å². The second-order valence-corrected chi connectivity index (χ2v) is 8.94. The van der Waals surface area contributed by atoms with E-state index in [0.717, 1.165) is 0 Å². The van der Waals surface area contributed by atoms with Crippen molar-refractivity contribution in [2.75, 3.05) is 13.7 Å². The van der Waals surface area contributed by atoms with Crippen LogP contribution in [-0.4, -0.2) is 40.4 Å². The van der Waals surface area contributed by atoms with E-state index in [4.69, 9.17) is 14.2 Å². The van der Waals surface area contributed by atoms with Gasteiger partial charge in [-0.25, -0.2) is 13.1 Å². The van der Waals surface area contributed by atoms with Gasteiger partial charge in [-0.15, -0.1) is 0 Å². The smallest absolute Gasteiger partial charge is 0.315 e. The number of sulfonamides is 1. The molecule has 1 atom stereocenters. The van der Waals surface area contributed by atoms with Crippen LogP contribution in [0.4, 0.5) is 0 Å². The Kier molecular flexibility index (Phi) is 7.54. The van der Waals surface area contributed by atoms with Gasteiger partial charge < -0.3 is 14.2 Å². The van der Waals surface area contributed by atoms with Crippen molar-refractivity contribution in [3.05, 3.63) is 48.0 Å². The fourth-order valence-electron chi connectivity index (χ4n) is 2.74. The van der Waals surface area contributed by atoms with Gasteiger partial charge in [0.1, 0.15) is 10.6 Å². The van der Waals surface area contributed by atoms with Gasteiger partial charge in [0.05, 0.1) is 6.61 Å². The molecule has 0 aliphatic carbocycles. The average Bonchev–Trinajstić information content (AvgIpc) is 2.65. The van der Waals surface area contributed by atoms with Crippen molar-refractivity contribution in [3.63, 3.8) is 0 Å². The Hall–Kier alpha value is -2.26. The predicted octanol–water partition coefficient (Wildman–Crippen LogP) is 3.59. The van der Waals surface area contributed by atoms with E-state index < -0.39 is 22.0 Å². The highest BCUT2D eigenvalue weighted by atomic mass is 32.2. The summed E-state index contributed by atoms with van der Waals surface area (Å²) >= 11 is 0. The summed E-state index contributed by atoms with van der Waals surface area (Å²) in [6.07, 6.45) is 0.545. The van der Waals surface area contributed by atoms with Crippen LogP contribution in [0.5, 0.6) is 5.75 Å². The molecule has 0 heterocycles. The van der Waals surface area contributed by atoms with E-state index in [2.05, 4.69) is 4.72 Å². The lowest BCUT2D eigenvalue weighted by molar-refractivity contribution is -0.231. The minimum absolute atomic E-state index is 0.0531. The fourth-order valence-corrected chi connectivity index (χ4v) is 4.55. The first-order valence-electron chi connectivity index (χ1n) is 9.15. The molecule has 0 spiro atoms. The average molecular weight is 422 g/mol. The maximum Gasteiger partial charge on any atom is 0.315 e. The largest absolute Gasteiger partial charge is 0.441 e. The summed E-state index contributed by atoms with van der Waals surface area (Å²) in [6, 6.07) is 11.6. The normalized spacial score (nSPS) is 13.1. The van der Waals surface area contributed by atoms with Crippen LogP contribution in [0, 0.1) is 0 Å². The number of carbonyl (C=O) groups is 1. The third-order valence-corrected chi connectivity index (χ3v) is 5.65. The number of nitrogens with one attached hydrogen (secondary N) is 1. The molecule has 0 bridgehead atoms. The summed E-state index contributed by atoms with van der Waals surface area (Å²) in [5.41, 5.74) is 0.445. The Morgan fingerprint density at radius 1 is 1.10 bits per heavy atom. The fraction of sp³-hybridized carbons (Fsp3) is 0.381. The van der Waals surface area contributed by atoms with E-state index in [1.165, 1.54) is 13.2 Å². The van der Waals surface area contributed by atoms with Gasteiger partial charge >= 0.3 is 6.48 Å². The van der Waals surface area contributed by atoms with Gasteiger partial charge in [0.2, 0.25) is 10.0 Å². The number of hydrogen-bond donors (Lipinski definition) is 1. The summed E-state index contributed by atoms with van der Waals surface area (Å²) in [4.78, 5) is 11.5. The number of methoxy groups -OCH3 is 1. The van der Waals surface area contributed by atoms with Crippen molar-refractivity contribution in [2.45, 2.75) is 44.6 Å². The van der Waals surface area contributed by atoms with Gasteiger partial charge in [-0.2, -0.15) is 0 Å². The molecule has 2 aromatic carbocycles. The first-order chi connectivity index (χ1) is 13.6. The molecule has 1 unspecified atom stereocenters. The topological polar surface area (TPSA) is 90.9 Å². The number of ether oxygens (including phenoxy) is 3. The van der Waals surface area contributed by atoms with Gasteiger partial charge in [0.25, 0.3) is 0 Å². The Morgan fingerprint density at radius 2 is 1.76 bits per heavy atom. The van der Waals surface area contributed by atoms with Crippen molar-refractivity contribution in [3.8, 4) is 16.9 Å². The summed E-state index contributed by atoms with van der Waals surface area (Å²) in [5.74, 6) is 0.498. The molecule has 0 radical (unpaired) electrons. The predicted molar refractivity (Wildman–Crippen MR) is 110 cm³/mol. The van der Waals surface area contributed by atoms with Crippen molar-refractivity contribution in [2.24, 2.45) is 0 Å². The molecule has 0 saturated carbocycles. The van der Waals surface area contributed by atoms with Crippen LogP contribution < -0.4 is 9.46 Å². The number of hydrogen-bond acceptors (Lipinski definition) is 6. The third kappa shape index (κ3) is 6.11. The third-order valence-electron chi connectivity index (χ3n) is 3.77. The van der Waals surface area contributed by atoms with Crippen LogP contribution in [0.3, 0.4) is 0 Å². The molecule has 2 aromatic rings. The summed E-state index contributed by atoms with van der Waals surface area (Å²) < 4.78 is 44.6. The molecular weight excluding hydrogens is 394 g/mol. The number of benzene rings is 2. The molecule has 0 aliphatic heterocycles. The lowest BCUT2D eigenvalue weighted by Crippen LogP contribution is -2.41. The molecule has 0 aliphatic rings. The second-order valence-electron chi connectivity index (χ2n) is 7.32. The maximum absolute atomic E-state index is 13.0. The van der Waals surface area contributed by atoms with Gasteiger partial charge in [-0.05, 0) is 45.4 Å². The lowest BCUT2D eigenvalue weighted by atomic mass is 10.0. The van der Waals surface area contributed by atoms with Gasteiger partial charge in [0, 0.05) is 23.8 Å². The first-order valence-corrected chi connectivity index (χ1v) is 10.6. The van der Waals surface area contributed by atoms with Crippen LogP contribution in [0.15, 0.2) is 47.4 Å². The first kappa shape index (κ1) is 23.0. The minimum atomic E-state index is -3.93. The zero-order valence-corrected chi connectivity index (χ0v) is 18.1. The highest BCUT2D eigenvalue weighted by Crippen LogP contribution is 2.31. The molecule has 0 fully saturated rings. The van der Waals surface area contributed by atoms with Gasteiger partial charge in [0.15, 0.2) is 6.29 Å². The Morgan fingerprint density at radius 3 is 2.28 bits per heavy atom. The molecule has 0 saturated heterocycles. The number of carbonyl (C=O) groups excluding carboxylic acids is 1. The molecule has 2 rings (SSSR count).